The van der Waals surface area contributed by atoms with Crippen LogP contribution in [0.3, 0.4) is 0 Å². The average Bonchev–Trinajstić information content (AvgIpc) is 3.71. The van der Waals surface area contributed by atoms with Gasteiger partial charge in [0.05, 0.1) is 33.3 Å². The fourth-order valence-corrected chi connectivity index (χ4v) is 7.65. The van der Waals surface area contributed by atoms with E-state index in [9.17, 15) is 0 Å². The molecule has 0 saturated heterocycles. The number of pyridine rings is 1. The maximum absolute atomic E-state index is 5.42. The summed E-state index contributed by atoms with van der Waals surface area (Å²) >= 11 is 0. The van der Waals surface area contributed by atoms with Gasteiger partial charge in [-0.05, 0) is 71.3 Å². The Kier molecular flexibility index (Phi) is 6.49. The second kappa shape index (κ2) is 11.5. The normalized spacial score (nSPS) is 11.6. The van der Waals surface area contributed by atoms with E-state index >= 15 is 0 Å². The zero-order chi connectivity index (χ0) is 33.0. The van der Waals surface area contributed by atoms with Crippen molar-refractivity contribution in [1.29, 1.82) is 0 Å². The number of nitrogens with zero attached hydrogens (tertiary/aromatic N) is 3. The van der Waals surface area contributed by atoms with Crippen LogP contribution in [0.2, 0.25) is 0 Å². The third-order valence-electron chi connectivity index (χ3n) is 9.91. The van der Waals surface area contributed by atoms with Crippen LogP contribution in [-0.2, 0) is 0 Å². The molecule has 0 aliphatic heterocycles. The molecule has 0 aliphatic rings. The molecule has 0 amide bonds. The lowest BCUT2D eigenvalue weighted by Crippen LogP contribution is -1.95. The molecule has 3 heterocycles. The lowest BCUT2D eigenvalue weighted by atomic mass is 10.0. The van der Waals surface area contributed by atoms with E-state index in [0.717, 1.165) is 39.1 Å². The summed E-state index contributed by atoms with van der Waals surface area (Å²) in [5.74, 6) is 0. The molecule has 10 aromatic rings. The van der Waals surface area contributed by atoms with Gasteiger partial charge < -0.3 is 9.13 Å². The largest absolute Gasteiger partial charge is 0.309 e. The van der Waals surface area contributed by atoms with Crippen LogP contribution in [0, 0.1) is 0 Å². The van der Waals surface area contributed by atoms with Crippen LogP contribution in [0.25, 0.3) is 88.6 Å². The van der Waals surface area contributed by atoms with Crippen molar-refractivity contribution >= 4 is 43.7 Å². The van der Waals surface area contributed by atoms with Crippen LogP contribution in [0.4, 0.5) is 0 Å². The monoisotopic (exact) mass is 637 g/mol. The van der Waals surface area contributed by atoms with E-state index < -0.39 is 0 Å². The minimum atomic E-state index is 0.958. The van der Waals surface area contributed by atoms with Crippen molar-refractivity contribution in [3.05, 3.63) is 188 Å². The van der Waals surface area contributed by atoms with Crippen molar-refractivity contribution in [3.63, 3.8) is 0 Å². The molecule has 0 saturated carbocycles. The molecule has 0 N–H and O–H groups in total. The minimum Gasteiger partial charge on any atom is -0.309 e. The Labute approximate surface area is 290 Å². The molecule has 0 atom stereocenters. The number of aromatic nitrogens is 3. The van der Waals surface area contributed by atoms with Gasteiger partial charge in [0.25, 0.3) is 0 Å². The molecule has 3 nitrogen and oxygen atoms in total. The van der Waals surface area contributed by atoms with E-state index in [1.807, 2.05) is 0 Å². The van der Waals surface area contributed by atoms with Crippen LogP contribution in [0.1, 0.15) is 0 Å². The molecular weight excluding hydrogens is 607 g/mol. The molecule has 0 bridgehead atoms. The third kappa shape index (κ3) is 4.48. The first-order chi connectivity index (χ1) is 24.8. The number of hydrogen-bond acceptors (Lipinski definition) is 1. The van der Waals surface area contributed by atoms with Gasteiger partial charge in [-0.3, -0.25) is 0 Å². The maximum atomic E-state index is 5.42. The Morgan fingerprint density at radius 2 is 0.960 bits per heavy atom. The standard InChI is InChI=1S/C47H31N3/c1-4-14-32(15-5-1)34-18-12-21-37(30-34)49-43-25-11-10-22-39(43)41-31-35(26-28-44(41)49)42-27-29-45-46(48-42)40-24-13-23-38(33-16-6-2-7-17-33)47(40)50(45)36-19-8-3-9-20-36/h1-31H. The zero-order valence-electron chi connectivity index (χ0n) is 27.2. The molecule has 10 rings (SSSR count). The Balaban J connectivity index is 1.17. The lowest BCUT2D eigenvalue weighted by molar-refractivity contribution is 1.18. The molecule has 0 aliphatic carbocycles. The summed E-state index contributed by atoms with van der Waals surface area (Å²) in [5.41, 5.74) is 14.7. The van der Waals surface area contributed by atoms with Crippen LogP contribution in [-0.4, -0.2) is 14.1 Å². The lowest BCUT2D eigenvalue weighted by Gasteiger charge is -2.11. The van der Waals surface area contributed by atoms with E-state index in [0.29, 0.717) is 0 Å². The predicted octanol–water partition coefficient (Wildman–Crippen LogP) is 12.3. The second-order valence-corrected chi connectivity index (χ2v) is 12.8. The molecule has 0 fully saturated rings. The molecule has 0 unspecified atom stereocenters. The zero-order valence-corrected chi connectivity index (χ0v) is 27.2. The Morgan fingerprint density at radius 1 is 0.340 bits per heavy atom. The third-order valence-corrected chi connectivity index (χ3v) is 9.91. The molecule has 7 aromatic carbocycles. The quantitative estimate of drug-likeness (QED) is 0.184. The van der Waals surface area contributed by atoms with Crippen molar-refractivity contribution in [2.75, 3.05) is 0 Å². The molecule has 50 heavy (non-hydrogen) atoms. The molecular formula is C47H31N3. The summed E-state index contributed by atoms with van der Waals surface area (Å²) in [6, 6.07) is 67.2. The van der Waals surface area contributed by atoms with Crippen LogP contribution < -0.4 is 0 Å². The van der Waals surface area contributed by atoms with Gasteiger partial charge >= 0.3 is 0 Å². The summed E-state index contributed by atoms with van der Waals surface area (Å²) in [6.07, 6.45) is 0. The number of fused-ring (bicyclic) bond motifs is 6. The molecule has 3 heteroatoms. The Hall–Kier alpha value is -6.71. The van der Waals surface area contributed by atoms with E-state index in [1.165, 1.54) is 49.6 Å². The summed E-state index contributed by atoms with van der Waals surface area (Å²) in [6.45, 7) is 0. The second-order valence-electron chi connectivity index (χ2n) is 12.8. The Morgan fingerprint density at radius 3 is 1.78 bits per heavy atom. The van der Waals surface area contributed by atoms with E-state index in [1.54, 1.807) is 0 Å². The molecule has 0 radical (unpaired) electrons. The minimum absolute atomic E-state index is 0.958. The highest BCUT2D eigenvalue weighted by Gasteiger charge is 2.19. The van der Waals surface area contributed by atoms with Crippen LogP contribution in [0.15, 0.2) is 188 Å². The Bertz CT molecular complexity index is 2850. The van der Waals surface area contributed by atoms with E-state index in [-0.39, 0.29) is 0 Å². The number of hydrogen-bond donors (Lipinski definition) is 0. The van der Waals surface area contributed by atoms with Gasteiger partial charge in [-0.1, -0.05) is 133 Å². The molecule has 3 aromatic heterocycles. The maximum Gasteiger partial charge on any atom is 0.0971 e. The highest BCUT2D eigenvalue weighted by Crippen LogP contribution is 2.40. The first-order valence-corrected chi connectivity index (χ1v) is 17.1. The van der Waals surface area contributed by atoms with Gasteiger partial charge in [-0.2, -0.15) is 0 Å². The highest BCUT2D eigenvalue weighted by molar-refractivity contribution is 6.13. The van der Waals surface area contributed by atoms with Gasteiger partial charge in [0, 0.05) is 38.7 Å². The van der Waals surface area contributed by atoms with Gasteiger partial charge in [-0.15, -0.1) is 0 Å². The number of rotatable bonds is 5. The summed E-state index contributed by atoms with van der Waals surface area (Å²) < 4.78 is 4.75. The van der Waals surface area contributed by atoms with Gasteiger partial charge in [-0.25, -0.2) is 4.98 Å². The first-order valence-electron chi connectivity index (χ1n) is 17.1. The topological polar surface area (TPSA) is 22.8 Å². The number of benzene rings is 7. The summed E-state index contributed by atoms with van der Waals surface area (Å²) in [5, 5.41) is 3.58. The van der Waals surface area contributed by atoms with Gasteiger partial charge in [0.1, 0.15) is 0 Å². The first kappa shape index (κ1) is 28.3. The van der Waals surface area contributed by atoms with E-state index in [2.05, 4.69) is 197 Å². The van der Waals surface area contributed by atoms with Crippen molar-refractivity contribution in [2.24, 2.45) is 0 Å². The van der Waals surface area contributed by atoms with E-state index in [4.69, 9.17) is 4.98 Å². The van der Waals surface area contributed by atoms with Gasteiger partial charge in [0.15, 0.2) is 0 Å². The highest BCUT2D eigenvalue weighted by atomic mass is 15.0. The predicted molar refractivity (Wildman–Crippen MR) is 209 cm³/mol. The van der Waals surface area contributed by atoms with Crippen molar-refractivity contribution in [3.8, 4) is 44.9 Å². The van der Waals surface area contributed by atoms with Crippen LogP contribution in [0.5, 0.6) is 0 Å². The van der Waals surface area contributed by atoms with Crippen molar-refractivity contribution in [1.82, 2.24) is 14.1 Å². The van der Waals surface area contributed by atoms with Crippen molar-refractivity contribution < 1.29 is 0 Å². The summed E-state index contributed by atoms with van der Waals surface area (Å²) in [7, 11) is 0. The van der Waals surface area contributed by atoms with Crippen molar-refractivity contribution in [2.45, 2.75) is 0 Å². The molecule has 0 spiro atoms. The van der Waals surface area contributed by atoms with Crippen LogP contribution >= 0.6 is 0 Å². The SMILES string of the molecule is c1ccc(-c2cccc(-n3c4ccccc4c4cc(-c5ccc6c(n5)c5cccc(-c7ccccc7)c5n6-c5ccccc5)ccc43)c2)cc1. The molecule has 234 valence electrons. The smallest absolute Gasteiger partial charge is 0.0971 e. The van der Waals surface area contributed by atoms with Gasteiger partial charge in [0.2, 0.25) is 0 Å². The summed E-state index contributed by atoms with van der Waals surface area (Å²) in [4.78, 5) is 5.42. The fourth-order valence-electron chi connectivity index (χ4n) is 7.65. The average molecular weight is 638 g/mol. The fraction of sp³-hybridized carbons (Fsp3) is 0. The number of para-hydroxylation sites is 3.